The Bertz CT molecular complexity index is 968. The smallest absolute Gasteiger partial charge is 0.269 e. The lowest BCUT2D eigenvalue weighted by Crippen LogP contribution is -2.12. The minimum absolute atomic E-state index is 0.0827. The molecule has 1 aromatic carbocycles. The first-order valence-corrected chi connectivity index (χ1v) is 7.81. The minimum atomic E-state index is -0.526. The molecule has 0 aliphatic carbocycles. The number of pyridine rings is 1. The molecule has 0 saturated carbocycles. The van der Waals surface area contributed by atoms with Crippen LogP contribution in [-0.2, 0) is 0 Å². The van der Waals surface area contributed by atoms with Crippen molar-refractivity contribution in [1.82, 2.24) is 15.0 Å². The number of nitrogens with two attached hydrogens (primary N) is 1. The average molecular weight is 365 g/mol. The van der Waals surface area contributed by atoms with Crippen LogP contribution in [0.1, 0.15) is 16.1 Å². The van der Waals surface area contributed by atoms with Gasteiger partial charge in [-0.3, -0.25) is 14.9 Å². The molecule has 27 heavy (non-hydrogen) atoms. The van der Waals surface area contributed by atoms with E-state index in [-0.39, 0.29) is 17.2 Å². The predicted octanol–water partition coefficient (Wildman–Crippen LogP) is 2.67. The third-order valence-electron chi connectivity index (χ3n) is 3.49. The Balaban J connectivity index is 1.66. The van der Waals surface area contributed by atoms with Gasteiger partial charge in [0.1, 0.15) is 11.6 Å². The van der Waals surface area contributed by atoms with E-state index in [1.54, 1.807) is 25.1 Å². The number of nitro benzene ring substituents is 1. The summed E-state index contributed by atoms with van der Waals surface area (Å²) in [5, 5.41) is 16.3. The van der Waals surface area contributed by atoms with Crippen LogP contribution in [0.4, 0.5) is 29.0 Å². The number of anilines is 4. The van der Waals surface area contributed by atoms with Gasteiger partial charge in [0.25, 0.3) is 11.6 Å². The molecule has 2 aromatic heterocycles. The Morgan fingerprint density at radius 2 is 1.85 bits per heavy atom. The number of amides is 1. The van der Waals surface area contributed by atoms with Gasteiger partial charge in [0.15, 0.2) is 0 Å². The Morgan fingerprint density at radius 3 is 2.44 bits per heavy atom. The van der Waals surface area contributed by atoms with E-state index in [9.17, 15) is 14.9 Å². The maximum absolute atomic E-state index is 12.2. The number of hydrogen-bond acceptors (Lipinski definition) is 8. The zero-order valence-electron chi connectivity index (χ0n) is 14.2. The highest BCUT2D eigenvalue weighted by Gasteiger charge is 2.10. The van der Waals surface area contributed by atoms with Crippen LogP contribution in [0.5, 0.6) is 0 Å². The van der Waals surface area contributed by atoms with Gasteiger partial charge in [0, 0.05) is 29.5 Å². The van der Waals surface area contributed by atoms with E-state index < -0.39 is 10.8 Å². The number of nitrogens with one attached hydrogen (secondary N) is 2. The van der Waals surface area contributed by atoms with Gasteiger partial charge in [-0.1, -0.05) is 0 Å². The molecule has 10 heteroatoms. The molecule has 0 atom stereocenters. The molecule has 4 N–H and O–H groups in total. The topological polar surface area (TPSA) is 149 Å². The van der Waals surface area contributed by atoms with Crippen LogP contribution in [0, 0.1) is 17.0 Å². The number of nitrogens with zero attached hydrogens (tertiary/aromatic N) is 4. The zero-order chi connectivity index (χ0) is 19.4. The molecule has 0 fully saturated rings. The molecule has 0 bridgehead atoms. The highest BCUT2D eigenvalue weighted by Crippen LogP contribution is 2.17. The molecule has 2 heterocycles. The van der Waals surface area contributed by atoms with Crippen LogP contribution in [0.15, 0.2) is 48.7 Å². The van der Waals surface area contributed by atoms with Crippen LogP contribution in [0.25, 0.3) is 0 Å². The van der Waals surface area contributed by atoms with E-state index >= 15 is 0 Å². The van der Waals surface area contributed by atoms with E-state index in [1.165, 1.54) is 30.5 Å². The largest absolute Gasteiger partial charge is 0.368 e. The molecular weight excluding hydrogens is 350 g/mol. The number of carbonyl (C=O) groups excluding carboxylic acids is 1. The summed E-state index contributed by atoms with van der Waals surface area (Å²) in [4.78, 5) is 34.5. The van der Waals surface area contributed by atoms with Gasteiger partial charge in [-0.2, -0.15) is 4.98 Å². The van der Waals surface area contributed by atoms with Crippen LogP contribution in [0.3, 0.4) is 0 Å². The van der Waals surface area contributed by atoms with Gasteiger partial charge in [0.2, 0.25) is 5.95 Å². The molecule has 0 radical (unpaired) electrons. The van der Waals surface area contributed by atoms with Crippen molar-refractivity contribution >= 4 is 34.9 Å². The maximum atomic E-state index is 12.2. The van der Waals surface area contributed by atoms with Gasteiger partial charge >= 0.3 is 0 Å². The number of hydrogen-bond donors (Lipinski definition) is 3. The number of aryl methyl sites for hydroxylation is 1. The number of carbonyl (C=O) groups is 1. The fraction of sp³-hybridized carbons (Fsp3) is 0.0588. The number of nitro groups is 1. The summed E-state index contributed by atoms with van der Waals surface area (Å²) in [6.45, 7) is 1.80. The normalized spacial score (nSPS) is 10.3. The second-order valence-electron chi connectivity index (χ2n) is 5.57. The standard InChI is InChI=1S/C17H15N7O3/c1-10-8-15(23-17(18)20-10)21-12-4-7-14(19-9-12)22-16(25)11-2-5-13(6-3-11)24(26)27/h2-9H,1H3,(H,19,22,25)(H3,18,20,21,23). The van der Waals surface area contributed by atoms with Crippen LogP contribution in [0.2, 0.25) is 0 Å². The predicted molar refractivity (Wildman–Crippen MR) is 99.8 cm³/mol. The first-order valence-electron chi connectivity index (χ1n) is 7.81. The SMILES string of the molecule is Cc1cc(Nc2ccc(NC(=O)c3ccc([N+](=O)[O-])cc3)nc2)nc(N)n1. The van der Waals surface area contributed by atoms with Crippen molar-refractivity contribution < 1.29 is 9.72 Å². The van der Waals surface area contributed by atoms with Gasteiger partial charge in [-0.05, 0) is 31.2 Å². The van der Waals surface area contributed by atoms with Crippen molar-refractivity contribution in [3.8, 4) is 0 Å². The quantitative estimate of drug-likeness (QED) is 0.461. The second-order valence-corrected chi connectivity index (χ2v) is 5.57. The molecule has 10 nitrogen and oxygen atoms in total. The lowest BCUT2D eigenvalue weighted by molar-refractivity contribution is -0.384. The summed E-state index contributed by atoms with van der Waals surface area (Å²) in [7, 11) is 0. The van der Waals surface area contributed by atoms with E-state index in [1.807, 2.05) is 0 Å². The van der Waals surface area contributed by atoms with E-state index in [2.05, 4.69) is 25.6 Å². The molecule has 0 saturated heterocycles. The van der Waals surface area contributed by atoms with Crippen molar-refractivity contribution in [2.75, 3.05) is 16.4 Å². The summed E-state index contributed by atoms with van der Waals surface area (Å²) in [6.07, 6.45) is 1.53. The Labute approximate surface area is 153 Å². The minimum Gasteiger partial charge on any atom is -0.368 e. The summed E-state index contributed by atoms with van der Waals surface area (Å²) >= 11 is 0. The maximum Gasteiger partial charge on any atom is 0.269 e. The van der Waals surface area contributed by atoms with Crippen LogP contribution >= 0.6 is 0 Å². The van der Waals surface area contributed by atoms with Crippen molar-refractivity contribution in [2.45, 2.75) is 6.92 Å². The number of non-ortho nitro benzene ring substituents is 1. The molecule has 0 aliphatic heterocycles. The van der Waals surface area contributed by atoms with E-state index in [4.69, 9.17) is 5.73 Å². The van der Waals surface area contributed by atoms with Gasteiger partial charge in [-0.25, -0.2) is 9.97 Å². The molecular formula is C17H15N7O3. The first kappa shape index (κ1) is 17.7. The number of nitrogen functional groups attached to an aromatic ring is 1. The number of benzene rings is 1. The first-order chi connectivity index (χ1) is 12.9. The summed E-state index contributed by atoms with van der Waals surface area (Å²) in [5.74, 6) is 0.612. The molecule has 136 valence electrons. The summed E-state index contributed by atoms with van der Waals surface area (Å²) in [5.41, 5.74) is 7.20. The lowest BCUT2D eigenvalue weighted by atomic mass is 10.2. The molecule has 1 amide bonds. The molecule has 3 rings (SSSR count). The van der Waals surface area contributed by atoms with Gasteiger partial charge in [-0.15, -0.1) is 0 Å². The van der Waals surface area contributed by atoms with Crippen molar-refractivity contribution in [1.29, 1.82) is 0 Å². The molecule has 3 aromatic rings. The zero-order valence-corrected chi connectivity index (χ0v) is 14.2. The highest BCUT2D eigenvalue weighted by molar-refractivity contribution is 6.03. The monoisotopic (exact) mass is 365 g/mol. The summed E-state index contributed by atoms with van der Waals surface area (Å²) < 4.78 is 0. The molecule has 0 aliphatic rings. The fourth-order valence-corrected chi connectivity index (χ4v) is 2.27. The van der Waals surface area contributed by atoms with E-state index in [0.717, 1.165) is 5.69 Å². The van der Waals surface area contributed by atoms with Crippen LogP contribution < -0.4 is 16.4 Å². The third-order valence-corrected chi connectivity index (χ3v) is 3.49. The Morgan fingerprint density at radius 1 is 1.11 bits per heavy atom. The Hall–Kier alpha value is -4.08. The van der Waals surface area contributed by atoms with Crippen molar-refractivity contribution in [3.05, 3.63) is 70.0 Å². The fourth-order valence-electron chi connectivity index (χ4n) is 2.27. The average Bonchev–Trinajstić information content (AvgIpc) is 2.62. The van der Waals surface area contributed by atoms with Crippen molar-refractivity contribution in [2.24, 2.45) is 0 Å². The molecule has 0 unspecified atom stereocenters. The molecule has 0 spiro atoms. The lowest BCUT2D eigenvalue weighted by Gasteiger charge is -2.08. The van der Waals surface area contributed by atoms with Crippen LogP contribution in [-0.4, -0.2) is 25.8 Å². The highest BCUT2D eigenvalue weighted by atomic mass is 16.6. The Kier molecular flexibility index (Phi) is 4.88. The summed E-state index contributed by atoms with van der Waals surface area (Å²) in [6, 6.07) is 10.4. The van der Waals surface area contributed by atoms with Gasteiger partial charge in [0.05, 0.1) is 16.8 Å². The van der Waals surface area contributed by atoms with Crippen molar-refractivity contribution in [3.63, 3.8) is 0 Å². The number of rotatable bonds is 5. The second kappa shape index (κ2) is 7.44. The third kappa shape index (κ3) is 4.51. The van der Waals surface area contributed by atoms with E-state index in [0.29, 0.717) is 17.3 Å². The van der Waals surface area contributed by atoms with Gasteiger partial charge < -0.3 is 16.4 Å². The number of aromatic nitrogens is 3.